The molecule has 1 aromatic rings. The van der Waals surface area contributed by atoms with E-state index >= 15 is 0 Å². The molecule has 5 rings (SSSR count). The van der Waals surface area contributed by atoms with Crippen LogP contribution in [0, 0.1) is 18.3 Å². The highest BCUT2D eigenvalue weighted by atomic mass is 16.5. The lowest BCUT2D eigenvalue weighted by molar-refractivity contribution is -0.122. The van der Waals surface area contributed by atoms with E-state index in [0.29, 0.717) is 23.3 Å². The summed E-state index contributed by atoms with van der Waals surface area (Å²) in [7, 11) is 4.86. The molecule has 2 bridgehead atoms. The molecule has 9 heteroatoms. The number of likely N-dealkylation sites (N-methyl/N-ethyl adjacent to an activating group) is 1. The first-order valence-electron chi connectivity index (χ1n) is 11.8. The number of piperazine rings is 1. The molecule has 1 saturated heterocycles. The third-order valence-electron chi connectivity index (χ3n) is 8.29. The third-order valence-corrected chi connectivity index (χ3v) is 8.29. The maximum absolute atomic E-state index is 13.4. The number of fused-ring (bicyclic) bond motifs is 6. The van der Waals surface area contributed by atoms with Gasteiger partial charge in [-0.25, -0.2) is 0 Å². The van der Waals surface area contributed by atoms with Gasteiger partial charge in [0, 0.05) is 40.9 Å². The number of benzene rings is 1. The predicted molar refractivity (Wildman–Crippen MR) is 127 cm³/mol. The smallest absolute Gasteiger partial charge is 0.225 e. The summed E-state index contributed by atoms with van der Waals surface area (Å²) in [6.07, 6.45) is 0.820. The maximum atomic E-state index is 13.4. The molecule has 3 aliphatic heterocycles. The lowest BCUT2D eigenvalue weighted by Crippen LogP contribution is -2.71. The number of carbonyl (C=O) groups is 2. The van der Waals surface area contributed by atoms with Crippen LogP contribution in [-0.2, 0) is 20.7 Å². The first-order valence-corrected chi connectivity index (χ1v) is 11.8. The molecule has 0 spiro atoms. The van der Waals surface area contributed by atoms with Crippen molar-refractivity contribution < 1.29 is 24.2 Å². The fraction of sp³-hybridized carbons (Fsp3) is 0.500. The fourth-order valence-corrected chi connectivity index (χ4v) is 6.84. The number of rotatable bonds is 3. The van der Waals surface area contributed by atoms with E-state index in [9.17, 15) is 20.0 Å². The average Bonchev–Trinajstić information content (AvgIpc) is 2.83. The number of phenols is 1. The maximum Gasteiger partial charge on any atom is 0.225 e. The Bertz CT molecular complexity index is 1260. The lowest BCUT2D eigenvalue weighted by atomic mass is 9.69. The van der Waals surface area contributed by atoms with Crippen molar-refractivity contribution in [2.45, 2.75) is 56.9 Å². The summed E-state index contributed by atoms with van der Waals surface area (Å²) in [4.78, 5) is 31.0. The molecule has 184 valence electrons. The number of nitrogens with zero attached hydrogens (tertiary/aromatic N) is 3. The second-order valence-corrected chi connectivity index (χ2v) is 9.78. The number of allylic oxidation sites excluding steroid dienone is 2. The van der Waals surface area contributed by atoms with Crippen LogP contribution in [0.3, 0.4) is 0 Å². The molecule has 5 atom stereocenters. The van der Waals surface area contributed by atoms with Crippen LogP contribution in [0.1, 0.15) is 36.1 Å². The van der Waals surface area contributed by atoms with Gasteiger partial charge in [0.1, 0.15) is 6.04 Å². The molecule has 1 aliphatic carbocycles. The highest BCUT2D eigenvalue weighted by molar-refractivity contribution is 6.25. The van der Waals surface area contributed by atoms with E-state index in [-0.39, 0.29) is 59.7 Å². The number of ether oxygens (including phenoxy) is 2. The zero-order valence-corrected chi connectivity index (χ0v) is 20.6. The van der Waals surface area contributed by atoms with E-state index in [1.807, 2.05) is 24.9 Å². The van der Waals surface area contributed by atoms with Crippen molar-refractivity contribution in [1.82, 2.24) is 9.80 Å². The molecular weight excluding hydrogens is 448 g/mol. The van der Waals surface area contributed by atoms with E-state index in [2.05, 4.69) is 11.0 Å². The summed E-state index contributed by atoms with van der Waals surface area (Å²) in [5, 5.41) is 21.6. The van der Waals surface area contributed by atoms with Gasteiger partial charge >= 0.3 is 0 Å². The number of hydrogen-bond donors (Lipinski definition) is 2. The molecule has 3 N–H and O–H groups in total. The number of nitriles is 1. The Morgan fingerprint density at radius 2 is 1.89 bits per heavy atom. The van der Waals surface area contributed by atoms with Crippen LogP contribution >= 0.6 is 0 Å². The summed E-state index contributed by atoms with van der Waals surface area (Å²) >= 11 is 0. The Hall–Kier alpha value is -3.19. The quantitative estimate of drug-likeness (QED) is 0.617. The van der Waals surface area contributed by atoms with E-state index in [0.717, 1.165) is 16.7 Å². The molecule has 0 amide bonds. The van der Waals surface area contributed by atoms with Gasteiger partial charge < -0.3 is 20.3 Å². The third kappa shape index (κ3) is 2.97. The molecule has 0 saturated carbocycles. The molecule has 1 fully saturated rings. The van der Waals surface area contributed by atoms with Crippen molar-refractivity contribution in [3.63, 3.8) is 0 Å². The lowest BCUT2D eigenvalue weighted by Gasteiger charge is -2.60. The number of hydrogen-bond acceptors (Lipinski definition) is 9. The highest BCUT2D eigenvalue weighted by Crippen LogP contribution is 2.53. The number of ketones is 2. The first kappa shape index (κ1) is 23.5. The van der Waals surface area contributed by atoms with Crippen molar-refractivity contribution in [2.24, 2.45) is 5.73 Å². The summed E-state index contributed by atoms with van der Waals surface area (Å²) in [6.45, 7) is 3.56. The van der Waals surface area contributed by atoms with Crippen molar-refractivity contribution in [3.8, 4) is 17.6 Å². The van der Waals surface area contributed by atoms with Crippen LogP contribution in [0.4, 0.5) is 0 Å². The molecule has 0 aromatic heterocycles. The molecule has 4 aliphatic rings. The van der Waals surface area contributed by atoms with E-state index < -0.39 is 12.1 Å². The molecule has 9 nitrogen and oxygen atoms in total. The Kier molecular flexibility index (Phi) is 5.51. The second-order valence-electron chi connectivity index (χ2n) is 9.78. The molecule has 0 radical (unpaired) electrons. The van der Waals surface area contributed by atoms with Gasteiger partial charge in [0.2, 0.25) is 5.78 Å². The molecule has 3 heterocycles. The summed E-state index contributed by atoms with van der Waals surface area (Å²) in [5.74, 6) is -0.0230. The minimum atomic E-state index is -0.613. The average molecular weight is 479 g/mol. The van der Waals surface area contributed by atoms with Gasteiger partial charge in [-0.15, -0.1) is 0 Å². The van der Waals surface area contributed by atoms with Gasteiger partial charge in [0.25, 0.3) is 0 Å². The normalized spacial score (nSPS) is 30.5. The van der Waals surface area contributed by atoms with Gasteiger partial charge in [0.15, 0.2) is 23.0 Å². The summed E-state index contributed by atoms with van der Waals surface area (Å²) in [5.41, 5.74) is 9.84. The van der Waals surface area contributed by atoms with E-state index in [1.54, 1.807) is 6.92 Å². The van der Waals surface area contributed by atoms with Gasteiger partial charge in [-0.05, 0) is 44.9 Å². The number of phenolic OH excluding ortho intramolecular Hbond substituents is 1. The zero-order chi connectivity index (χ0) is 25.3. The number of nitrogens with two attached hydrogens (primary N) is 1. The highest BCUT2D eigenvalue weighted by Gasteiger charge is 2.57. The molecular formula is C26H30N4O5. The van der Waals surface area contributed by atoms with E-state index in [4.69, 9.17) is 15.2 Å². The number of aromatic hydroxyl groups is 1. The van der Waals surface area contributed by atoms with Gasteiger partial charge in [-0.2, -0.15) is 5.26 Å². The monoisotopic (exact) mass is 478 g/mol. The predicted octanol–water partition coefficient (Wildman–Crippen LogP) is 1.28. The van der Waals surface area contributed by atoms with Crippen LogP contribution in [-0.4, -0.2) is 78.5 Å². The van der Waals surface area contributed by atoms with Crippen LogP contribution in [0.5, 0.6) is 11.5 Å². The SMILES string of the molecule is COC1=C(C)C(=O)C2=C(C1=O)[C@H](CN)N1C(C2)C2c3c(cc(C)c(OC)c3O)C[C@H]([C@@H]1C#N)N2C. The fourth-order valence-electron chi connectivity index (χ4n) is 6.84. The minimum absolute atomic E-state index is 0.0386. The molecule has 2 unspecified atom stereocenters. The summed E-state index contributed by atoms with van der Waals surface area (Å²) in [6, 6.07) is 2.48. The number of methoxy groups -OCH3 is 2. The zero-order valence-electron chi connectivity index (χ0n) is 20.6. The Morgan fingerprint density at radius 1 is 1.17 bits per heavy atom. The molecule has 1 aromatic carbocycles. The number of carbonyl (C=O) groups excluding carboxylic acids is 2. The largest absolute Gasteiger partial charge is 0.504 e. The van der Waals surface area contributed by atoms with Crippen LogP contribution < -0.4 is 10.5 Å². The second kappa shape index (κ2) is 8.19. The number of aryl methyl sites for hydroxylation is 1. The van der Waals surface area contributed by atoms with Gasteiger partial charge in [-0.3, -0.25) is 19.4 Å². The van der Waals surface area contributed by atoms with Crippen molar-refractivity contribution in [3.05, 3.63) is 45.2 Å². The first-order chi connectivity index (χ1) is 16.7. The topological polar surface area (TPSA) is 129 Å². The standard InChI is InChI=1S/C26H30N4O5/c1-11-6-13-7-15-17(9-27)30-16(21(29(15)3)19(13)23(32)25(11)34-4)8-14-20(18(30)10-28)24(33)26(35-5)12(2)22(14)31/h6,15-18,21,32H,7-8,10,28H2,1-5H3/t15-,16?,17+,18+,21?/m1/s1. The Morgan fingerprint density at radius 3 is 2.49 bits per heavy atom. The van der Waals surface area contributed by atoms with E-state index in [1.165, 1.54) is 14.2 Å². The van der Waals surface area contributed by atoms with Crippen LogP contribution in [0.2, 0.25) is 0 Å². The van der Waals surface area contributed by atoms with Crippen molar-refractivity contribution in [1.29, 1.82) is 5.26 Å². The van der Waals surface area contributed by atoms with Crippen molar-refractivity contribution >= 4 is 11.6 Å². The van der Waals surface area contributed by atoms with Crippen molar-refractivity contribution in [2.75, 3.05) is 27.8 Å². The van der Waals surface area contributed by atoms with Crippen LogP contribution in [0.25, 0.3) is 0 Å². The molecule has 35 heavy (non-hydrogen) atoms. The number of Topliss-reactive ketones (excluding diaryl/α,β-unsaturated/α-hetero) is 2. The van der Waals surface area contributed by atoms with Crippen LogP contribution in [0.15, 0.2) is 28.5 Å². The Labute approximate surface area is 204 Å². The summed E-state index contributed by atoms with van der Waals surface area (Å²) < 4.78 is 10.8. The Balaban J connectivity index is 1.74. The minimum Gasteiger partial charge on any atom is -0.504 e. The van der Waals surface area contributed by atoms with Gasteiger partial charge in [-0.1, -0.05) is 6.07 Å². The van der Waals surface area contributed by atoms with Gasteiger partial charge in [0.05, 0.1) is 32.4 Å².